The van der Waals surface area contributed by atoms with Crippen LogP contribution in [0.2, 0.25) is 0 Å². The van der Waals surface area contributed by atoms with Crippen LogP contribution in [-0.2, 0) is 7.05 Å². The Hall–Kier alpha value is -2.44. The topological polar surface area (TPSA) is 56.1 Å². The molecule has 1 fully saturated rings. The van der Waals surface area contributed by atoms with Crippen LogP contribution in [0.4, 0.5) is 14.5 Å². The molecule has 0 radical (unpaired) electrons. The molecule has 1 aromatic carbocycles. The third kappa shape index (κ3) is 4.20. The molecular weight excluding hydrogens is 340 g/mol. The van der Waals surface area contributed by atoms with Crippen molar-refractivity contribution in [3.63, 3.8) is 0 Å². The average Bonchev–Trinajstić information content (AvgIpc) is 3.00. The van der Waals surface area contributed by atoms with Gasteiger partial charge >= 0.3 is 0 Å². The quantitative estimate of drug-likeness (QED) is 0.843. The lowest BCUT2D eigenvalue weighted by atomic mass is 9.98. The van der Waals surface area contributed by atoms with E-state index in [9.17, 15) is 13.6 Å². The van der Waals surface area contributed by atoms with Crippen molar-refractivity contribution < 1.29 is 18.3 Å². The monoisotopic (exact) mass is 363 g/mol. The number of benzene rings is 1. The fourth-order valence-corrected chi connectivity index (χ4v) is 3.24. The van der Waals surface area contributed by atoms with Crippen molar-refractivity contribution in [1.29, 1.82) is 0 Å². The lowest BCUT2D eigenvalue weighted by molar-refractivity contribution is 0.100. The Morgan fingerprint density at radius 3 is 2.73 bits per heavy atom. The molecule has 1 heterocycles. The SMILES string of the molecule is Cc1ccc(OC2CCCCC2)c(NC(=O)c2cn(C)nc2C(F)F)c1. The number of nitrogens with zero attached hydrogens (tertiary/aromatic N) is 2. The first kappa shape index (κ1) is 18.4. The van der Waals surface area contributed by atoms with Crippen LogP contribution < -0.4 is 10.1 Å². The summed E-state index contributed by atoms with van der Waals surface area (Å²) in [6, 6.07) is 5.51. The lowest BCUT2D eigenvalue weighted by Gasteiger charge is -2.24. The Balaban J connectivity index is 1.82. The highest BCUT2D eigenvalue weighted by Gasteiger charge is 2.24. The predicted molar refractivity (Wildman–Crippen MR) is 94.8 cm³/mol. The van der Waals surface area contributed by atoms with E-state index in [4.69, 9.17) is 4.74 Å². The minimum Gasteiger partial charge on any atom is -0.488 e. The summed E-state index contributed by atoms with van der Waals surface area (Å²) in [6.07, 6.45) is 4.06. The molecule has 0 unspecified atom stereocenters. The summed E-state index contributed by atoms with van der Waals surface area (Å²) < 4.78 is 33.5. The second-order valence-electron chi connectivity index (χ2n) is 6.73. The van der Waals surface area contributed by atoms with Crippen molar-refractivity contribution in [3.8, 4) is 5.75 Å². The maximum absolute atomic E-state index is 13.1. The summed E-state index contributed by atoms with van der Waals surface area (Å²) in [5.74, 6) is -0.0502. The first-order valence-electron chi connectivity index (χ1n) is 8.84. The van der Waals surface area contributed by atoms with Gasteiger partial charge in [-0.1, -0.05) is 12.5 Å². The number of amides is 1. The number of halogens is 2. The number of anilines is 1. The van der Waals surface area contributed by atoms with Crippen molar-refractivity contribution >= 4 is 11.6 Å². The summed E-state index contributed by atoms with van der Waals surface area (Å²) in [6.45, 7) is 1.90. The highest BCUT2D eigenvalue weighted by atomic mass is 19.3. The molecule has 2 aromatic rings. The van der Waals surface area contributed by atoms with Gasteiger partial charge in [-0.05, 0) is 50.3 Å². The van der Waals surface area contributed by atoms with Crippen molar-refractivity contribution in [2.75, 3.05) is 5.32 Å². The second-order valence-corrected chi connectivity index (χ2v) is 6.73. The number of ether oxygens (including phenoxy) is 1. The van der Waals surface area contributed by atoms with Gasteiger partial charge in [-0.3, -0.25) is 9.48 Å². The van der Waals surface area contributed by atoms with Gasteiger partial charge in [0.05, 0.1) is 17.4 Å². The van der Waals surface area contributed by atoms with Gasteiger partial charge in [0.15, 0.2) is 0 Å². The molecule has 0 bridgehead atoms. The first-order valence-corrected chi connectivity index (χ1v) is 8.84. The number of hydrogen-bond acceptors (Lipinski definition) is 3. The Morgan fingerprint density at radius 1 is 1.31 bits per heavy atom. The summed E-state index contributed by atoms with van der Waals surface area (Å²) in [5, 5.41) is 6.40. The van der Waals surface area contributed by atoms with E-state index in [0.29, 0.717) is 11.4 Å². The molecule has 1 aliphatic rings. The minimum absolute atomic E-state index is 0.122. The van der Waals surface area contributed by atoms with Crippen LogP contribution in [0.3, 0.4) is 0 Å². The molecule has 7 heteroatoms. The number of aryl methyl sites for hydroxylation is 2. The van der Waals surface area contributed by atoms with Crippen LogP contribution >= 0.6 is 0 Å². The lowest BCUT2D eigenvalue weighted by Crippen LogP contribution is -2.21. The Bertz CT molecular complexity index is 783. The first-order chi connectivity index (χ1) is 12.4. The van der Waals surface area contributed by atoms with Crippen LogP contribution in [0.25, 0.3) is 0 Å². The molecular formula is C19H23F2N3O2. The number of alkyl halides is 2. The van der Waals surface area contributed by atoms with E-state index in [1.165, 1.54) is 24.3 Å². The van der Waals surface area contributed by atoms with Gasteiger partial charge in [0.25, 0.3) is 12.3 Å². The molecule has 1 saturated carbocycles. The van der Waals surface area contributed by atoms with E-state index >= 15 is 0 Å². The Kier molecular flexibility index (Phi) is 5.54. The van der Waals surface area contributed by atoms with Gasteiger partial charge in [-0.2, -0.15) is 5.10 Å². The van der Waals surface area contributed by atoms with Crippen molar-refractivity contribution in [1.82, 2.24) is 9.78 Å². The van der Waals surface area contributed by atoms with E-state index in [-0.39, 0.29) is 11.7 Å². The third-order valence-electron chi connectivity index (χ3n) is 4.54. The molecule has 5 nitrogen and oxygen atoms in total. The van der Waals surface area contributed by atoms with E-state index in [1.807, 2.05) is 19.1 Å². The smallest absolute Gasteiger partial charge is 0.282 e. The molecule has 1 amide bonds. The van der Waals surface area contributed by atoms with E-state index < -0.39 is 18.0 Å². The standard InChI is InChI=1S/C19H23F2N3O2/c1-12-8-9-16(26-13-6-4-3-5-7-13)15(10-12)22-19(25)14-11-24(2)23-17(14)18(20)21/h8-11,13,18H,3-7H2,1-2H3,(H,22,25). The number of aromatic nitrogens is 2. The van der Waals surface area contributed by atoms with Crippen molar-refractivity contribution in [2.24, 2.45) is 7.05 Å². The van der Waals surface area contributed by atoms with Crippen LogP contribution in [0.5, 0.6) is 5.75 Å². The van der Waals surface area contributed by atoms with Crippen LogP contribution in [0.15, 0.2) is 24.4 Å². The van der Waals surface area contributed by atoms with Gasteiger partial charge < -0.3 is 10.1 Å². The maximum Gasteiger partial charge on any atom is 0.282 e. The molecule has 1 aliphatic carbocycles. The zero-order valence-corrected chi connectivity index (χ0v) is 15.0. The molecule has 26 heavy (non-hydrogen) atoms. The van der Waals surface area contributed by atoms with Gasteiger partial charge in [-0.15, -0.1) is 0 Å². The molecule has 0 atom stereocenters. The number of carbonyl (C=O) groups is 1. The van der Waals surface area contributed by atoms with E-state index in [1.54, 1.807) is 6.07 Å². The van der Waals surface area contributed by atoms with E-state index in [2.05, 4.69) is 10.4 Å². The largest absolute Gasteiger partial charge is 0.488 e. The zero-order chi connectivity index (χ0) is 18.7. The Labute approximate surface area is 151 Å². The molecule has 0 aliphatic heterocycles. The maximum atomic E-state index is 13.1. The van der Waals surface area contributed by atoms with Crippen molar-refractivity contribution in [3.05, 3.63) is 41.2 Å². The zero-order valence-electron chi connectivity index (χ0n) is 15.0. The normalized spacial score (nSPS) is 15.3. The van der Waals surface area contributed by atoms with E-state index in [0.717, 1.165) is 31.2 Å². The minimum atomic E-state index is -2.81. The van der Waals surface area contributed by atoms with Gasteiger partial charge in [-0.25, -0.2) is 8.78 Å². The van der Waals surface area contributed by atoms with Crippen LogP contribution in [-0.4, -0.2) is 21.8 Å². The predicted octanol–water partition coefficient (Wildman–Crippen LogP) is 4.63. The number of nitrogens with one attached hydrogen (secondary N) is 1. The van der Waals surface area contributed by atoms with Crippen molar-refractivity contribution in [2.45, 2.75) is 51.6 Å². The number of rotatable bonds is 5. The summed E-state index contributed by atoms with van der Waals surface area (Å²) >= 11 is 0. The molecule has 1 aromatic heterocycles. The molecule has 140 valence electrons. The summed E-state index contributed by atoms with van der Waals surface area (Å²) in [4.78, 5) is 12.6. The number of hydrogen-bond donors (Lipinski definition) is 1. The molecule has 0 spiro atoms. The average molecular weight is 363 g/mol. The fraction of sp³-hybridized carbons (Fsp3) is 0.474. The van der Waals surface area contributed by atoms with Crippen LogP contribution in [0.1, 0.15) is 60.1 Å². The summed E-state index contributed by atoms with van der Waals surface area (Å²) in [7, 11) is 1.51. The Morgan fingerprint density at radius 2 is 2.04 bits per heavy atom. The highest BCUT2D eigenvalue weighted by Crippen LogP contribution is 2.31. The molecule has 1 N–H and O–H groups in total. The summed E-state index contributed by atoms with van der Waals surface area (Å²) in [5.41, 5.74) is 0.779. The molecule has 0 saturated heterocycles. The number of carbonyl (C=O) groups excluding carboxylic acids is 1. The molecule has 3 rings (SSSR count). The fourth-order valence-electron chi connectivity index (χ4n) is 3.24. The third-order valence-corrected chi connectivity index (χ3v) is 4.54. The highest BCUT2D eigenvalue weighted by molar-refractivity contribution is 6.05. The van der Waals surface area contributed by atoms with Gasteiger partial charge in [0.1, 0.15) is 11.4 Å². The second kappa shape index (κ2) is 7.85. The van der Waals surface area contributed by atoms with Gasteiger partial charge in [0, 0.05) is 13.2 Å². The van der Waals surface area contributed by atoms with Gasteiger partial charge in [0.2, 0.25) is 0 Å². The van der Waals surface area contributed by atoms with Crippen LogP contribution in [0, 0.1) is 6.92 Å².